The first-order valence-corrected chi connectivity index (χ1v) is 6.67. The van der Waals surface area contributed by atoms with Gasteiger partial charge in [-0.15, -0.1) is 0 Å². The Morgan fingerprint density at radius 1 is 1.33 bits per heavy atom. The quantitative estimate of drug-likeness (QED) is 0.709. The van der Waals surface area contributed by atoms with Gasteiger partial charge in [0.25, 0.3) is 0 Å². The molecule has 1 aromatic carbocycles. The van der Waals surface area contributed by atoms with Crippen LogP contribution in [-0.2, 0) is 0 Å². The van der Waals surface area contributed by atoms with Gasteiger partial charge in [0.05, 0.1) is 0 Å². The molecule has 0 unspecified atom stereocenters. The normalized spacial score (nSPS) is 10.8. The van der Waals surface area contributed by atoms with Crippen LogP contribution >= 0.6 is 0 Å². The summed E-state index contributed by atoms with van der Waals surface area (Å²) in [6.07, 6.45) is 4.10. The first kappa shape index (κ1) is 14.7. The minimum atomic E-state index is -0.146. The van der Waals surface area contributed by atoms with E-state index in [0.717, 1.165) is 30.6 Å². The summed E-state index contributed by atoms with van der Waals surface area (Å²) in [5, 5.41) is 0. The van der Waals surface area contributed by atoms with Gasteiger partial charge in [-0.25, -0.2) is 4.39 Å². The first-order chi connectivity index (χ1) is 8.53. The van der Waals surface area contributed by atoms with Gasteiger partial charge in [-0.1, -0.05) is 39.3 Å². The fraction of sp³-hybridized carbons (Fsp3) is 0.500. The van der Waals surface area contributed by atoms with Gasteiger partial charge in [0.2, 0.25) is 0 Å². The molecule has 0 atom stereocenters. The number of aryl methyl sites for hydroxylation is 1. The van der Waals surface area contributed by atoms with Gasteiger partial charge < -0.3 is 4.90 Å². The Balaban J connectivity index is 3.00. The van der Waals surface area contributed by atoms with Crippen LogP contribution in [0.2, 0.25) is 0 Å². The zero-order valence-corrected chi connectivity index (χ0v) is 12.0. The van der Waals surface area contributed by atoms with Gasteiger partial charge in [-0.05, 0) is 36.1 Å². The Morgan fingerprint density at radius 3 is 2.44 bits per heavy atom. The van der Waals surface area contributed by atoms with Crippen LogP contribution in [0.25, 0.3) is 6.08 Å². The highest BCUT2D eigenvalue weighted by Crippen LogP contribution is 2.26. The lowest BCUT2D eigenvalue weighted by Gasteiger charge is -2.26. The van der Waals surface area contributed by atoms with Crippen LogP contribution in [0.15, 0.2) is 18.7 Å². The van der Waals surface area contributed by atoms with Crippen molar-refractivity contribution >= 4 is 11.8 Å². The fourth-order valence-electron chi connectivity index (χ4n) is 2.22. The predicted octanol–water partition coefficient (Wildman–Crippen LogP) is 4.65. The Hall–Kier alpha value is -1.31. The van der Waals surface area contributed by atoms with Gasteiger partial charge in [-0.3, -0.25) is 0 Å². The number of hydrogen-bond donors (Lipinski definition) is 0. The second-order valence-corrected chi connectivity index (χ2v) is 4.93. The van der Waals surface area contributed by atoms with Crippen molar-refractivity contribution in [3.8, 4) is 0 Å². The molecule has 0 spiro atoms. The van der Waals surface area contributed by atoms with Gasteiger partial charge in [0, 0.05) is 19.3 Å². The molecule has 0 aliphatic rings. The Labute approximate surface area is 110 Å². The average Bonchev–Trinajstić information content (AvgIpc) is 2.38. The highest BCUT2D eigenvalue weighted by atomic mass is 19.1. The third kappa shape index (κ3) is 3.34. The number of anilines is 1. The fourth-order valence-corrected chi connectivity index (χ4v) is 2.22. The smallest absolute Gasteiger partial charge is 0.128 e. The molecule has 1 rings (SSSR count). The molecular formula is C16H24FN. The summed E-state index contributed by atoms with van der Waals surface area (Å²) in [5.41, 5.74) is 2.60. The molecule has 0 fully saturated rings. The molecule has 2 heteroatoms. The Bertz CT molecular complexity index is 408. The standard InChI is InChI=1S/C16H24FN/c1-6-13(7-2)11-18(5)16-10-15(17)12(4)9-14(16)8-3/h8-10,13H,3,6-7,11H2,1-2,4-5H3. The summed E-state index contributed by atoms with van der Waals surface area (Å²) >= 11 is 0. The molecule has 0 N–H and O–H groups in total. The maximum atomic E-state index is 13.7. The SMILES string of the molecule is C=Cc1cc(C)c(F)cc1N(C)CC(CC)CC. The van der Waals surface area contributed by atoms with Crippen LogP contribution in [-0.4, -0.2) is 13.6 Å². The van der Waals surface area contributed by atoms with Crippen molar-refractivity contribution in [2.45, 2.75) is 33.6 Å². The van der Waals surface area contributed by atoms with E-state index in [0.29, 0.717) is 11.5 Å². The molecule has 0 saturated carbocycles. The lowest BCUT2D eigenvalue weighted by molar-refractivity contribution is 0.493. The number of nitrogens with zero attached hydrogens (tertiary/aromatic N) is 1. The van der Waals surface area contributed by atoms with Crippen LogP contribution in [0.3, 0.4) is 0 Å². The van der Waals surface area contributed by atoms with Crippen LogP contribution in [0.1, 0.15) is 37.8 Å². The molecule has 0 aromatic heterocycles. The third-order valence-electron chi connectivity index (χ3n) is 3.63. The predicted molar refractivity (Wildman–Crippen MR) is 78.6 cm³/mol. The van der Waals surface area contributed by atoms with Gasteiger partial charge in [0.1, 0.15) is 5.82 Å². The molecule has 0 aliphatic carbocycles. The summed E-state index contributed by atoms with van der Waals surface area (Å²) in [7, 11) is 2.02. The number of halogens is 1. The number of hydrogen-bond acceptors (Lipinski definition) is 1. The van der Waals surface area contributed by atoms with Crippen LogP contribution < -0.4 is 4.90 Å². The van der Waals surface area contributed by atoms with Crippen LogP contribution in [0, 0.1) is 18.7 Å². The number of benzene rings is 1. The molecule has 0 radical (unpaired) electrons. The molecule has 1 aromatic rings. The second-order valence-electron chi connectivity index (χ2n) is 4.93. The maximum Gasteiger partial charge on any atom is 0.128 e. The lowest BCUT2D eigenvalue weighted by atomic mass is 10.0. The van der Waals surface area contributed by atoms with Crippen molar-refractivity contribution < 1.29 is 4.39 Å². The summed E-state index contributed by atoms with van der Waals surface area (Å²) in [4.78, 5) is 2.14. The molecular weight excluding hydrogens is 225 g/mol. The largest absolute Gasteiger partial charge is 0.374 e. The van der Waals surface area contributed by atoms with E-state index in [1.54, 1.807) is 19.1 Å². The third-order valence-corrected chi connectivity index (χ3v) is 3.63. The second kappa shape index (κ2) is 6.58. The average molecular weight is 249 g/mol. The molecule has 18 heavy (non-hydrogen) atoms. The van der Waals surface area contributed by atoms with E-state index >= 15 is 0 Å². The molecule has 0 aliphatic heterocycles. The van der Waals surface area contributed by atoms with E-state index in [-0.39, 0.29) is 5.82 Å². The Morgan fingerprint density at radius 2 is 1.94 bits per heavy atom. The van der Waals surface area contributed by atoms with Crippen molar-refractivity contribution in [1.29, 1.82) is 0 Å². The molecule has 0 amide bonds. The lowest BCUT2D eigenvalue weighted by Crippen LogP contribution is -2.25. The Kier molecular flexibility index (Phi) is 5.39. The van der Waals surface area contributed by atoms with E-state index < -0.39 is 0 Å². The summed E-state index contributed by atoms with van der Waals surface area (Å²) < 4.78 is 13.7. The summed E-state index contributed by atoms with van der Waals surface area (Å²) in [5.74, 6) is 0.504. The van der Waals surface area contributed by atoms with Crippen molar-refractivity contribution in [3.63, 3.8) is 0 Å². The molecule has 0 saturated heterocycles. The van der Waals surface area contributed by atoms with E-state index in [1.807, 2.05) is 13.1 Å². The van der Waals surface area contributed by atoms with E-state index in [1.165, 1.54) is 0 Å². The first-order valence-electron chi connectivity index (χ1n) is 6.67. The van der Waals surface area contributed by atoms with E-state index in [2.05, 4.69) is 25.3 Å². The summed E-state index contributed by atoms with van der Waals surface area (Å²) in [6, 6.07) is 3.48. The van der Waals surface area contributed by atoms with Gasteiger partial charge in [0.15, 0.2) is 0 Å². The monoisotopic (exact) mass is 249 g/mol. The molecule has 1 nitrogen and oxygen atoms in total. The topological polar surface area (TPSA) is 3.24 Å². The van der Waals surface area contributed by atoms with Crippen LogP contribution in [0.5, 0.6) is 0 Å². The molecule has 0 heterocycles. The zero-order valence-electron chi connectivity index (χ0n) is 12.0. The number of rotatable bonds is 6. The van der Waals surface area contributed by atoms with Gasteiger partial charge in [-0.2, -0.15) is 0 Å². The van der Waals surface area contributed by atoms with Crippen molar-refractivity contribution in [1.82, 2.24) is 0 Å². The minimum Gasteiger partial charge on any atom is -0.374 e. The van der Waals surface area contributed by atoms with Gasteiger partial charge >= 0.3 is 0 Å². The van der Waals surface area contributed by atoms with Crippen molar-refractivity contribution in [3.05, 3.63) is 35.7 Å². The van der Waals surface area contributed by atoms with Crippen molar-refractivity contribution in [2.24, 2.45) is 5.92 Å². The summed E-state index contributed by atoms with van der Waals surface area (Å²) in [6.45, 7) is 11.0. The van der Waals surface area contributed by atoms with Crippen LogP contribution in [0.4, 0.5) is 10.1 Å². The maximum absolute atomic E-state index is 13.7. The zero-order chi connectivity index (χ0) is 13.7. The highest BCUT2D eigenvalue weighted by Gasteiger charge is 2.12. The minimum absolute atomic E-state index is 0.146. The van der Waals surface area contributed by atoms with E-state index in [4.69, 9.17) is 0 Å². The molecule has 100 valence electrons. The van der Waals surface area contributed by atoms with Crippen molar-refractivity contribution in [2.75, 3.05) is 18.5 Å². The molecule has 0 bridgehead atoms. The van der Waals surface area contributed by atoms with E-state index in [9.17, 15) is 4.39 Å². The highest BCUT2D eigenvalue weighted by molar-refractivity contribution is 5.67.